The summed E-state index contributed by atoms with van der Waals surface area (Å²) in [6.45, 7) is 0.120. The highest BCUT2D eigenvalue weighted by Crippen LogP contribution is 2.23. The van der Waals surface area contributed by atoms with E-state index in [-0.39, 0.29) is 17.8 Å². The van der Waals surface area contributed by atoms with Crippen molar-refractivity contribution < 1.29 is 9.34 Å². The van der Waals surface area contributed by atoms with Gasteiger partial charge < -0.3 is 8.98 Å². The molecule has 0 saturated heterocycles. The summed E-state index contributed by atoms with van der Waals surface area (Å²) in [6, 6.07) is 6.10. The van der Waals surface area contributed by atoms with E-state index < -0.39 is 4.92 Å². The summed E-state index contributed by atoms with van der Waals surface area (Å²) in [7, 11) is 0. The first kappa shape index (κ1) is 13.3. The number of hydrogen-bond donors (Lipinski definition) is 0. The van der Waals surface area contributed by atoms with Gasteiger partial charge in [-0.1, -0.05) is 6.07 Å². The number of nitrogens with zero attached hydrogens (tertiary/aromatic N) is 3. The van der Waals surface area contributed by atoms with E-state index in [4.69, 9.17) is 4.42 Å². The molecule has 0 unspecified atom stereocenters. The van der Waals surface area contributed by atoms with Crippen LogP contribution in [0.2, 0.25) is 0 Å². The van der Waals surface area contributed by atoms with E-state index in [1.165, 1.54) is 40.5 Å². The van der Waals surface area contributed by atoms with Crippen LogP contribution in [0, 0.1) is 10.1 Å². The molecule has 0 aliphatic rings. The van der Waals surface area contributed by atoms with Crippen LogP contribution in [-0.4, -0.2) is 14.5 Å². The van der Waals surface area contributed by atoms with Crippen LogP contribution in [0.25, 0.3) is 10.8 Å². The van der Waals surface area contributed by atoms with Crippen molar-refractivity contribution in [2.24, 2.45) is 0 Å². The largest absolute Gasteiger partial charge is 0.443 e. The van der Waals surface area contributed by atoms with Gasteiger partial charge in [0.1, 0.15) is 6.26 Å². The van der Waals surface area contributed by atoms with E-state index in [0.29, 0.717) is 11.6 Å². The van der Waals surface area contributed by atoms with Crippen molar-refractivity contribution in [1.29, 1.82) is 0 Å². The molecule has 0 atom stereocenters. The van der Waals surface area contributed by atoms with Crippen LogP contribution in [0.4, 0.5) is 5.69 Å². The van der Waals surface area contributed by atoms with Gasteiger partial charge in [-0.15, -0.1) is 11.3 Å². The molecule has 106 valence electrons. The molecule has 3 heterocycles. The van der Waals surface area contributed by atoms with Crippen molar-refractivity contribution >= 4 is 17.0 Å². The van der Waals surface area contributed by atoms with E-state index in [9.17, 15) is 14.9 Å². The average molecular weight is 303 g/mol. The fourth-order valence-corrected chi connectivity index (χ4v) is 2.47. The zero-order valence-electron chi connectivity index (χ0n) is 10.6. The Balaban J connectivity index is 1.89. The maximum absolute atomic E-state index is 11.7. The summed E-state index contributed by atoms with van der Waals surface area (Å²) in [5.41, 5.74) is 0.0545. The zero-order chi connectivity index (χ0) is 14.8. The molecule has 0 aromatic carbocycles. The number of nitro groups is 1. The molecule has 0 N–H and O–H groups in total. The second kappa shape index (κ2) is 5.33. The quantitative estimate of drug-likeness (QED) is 0.545. The van der Waals surface area contributed by atoms with Crippen molar-refractivity contribution in [3.05, 3.63) is 68.3 Å². The summed E-state index contributed by atoms with van der Waals surface area (Å²) in [5, 5.41) is 12.6. The van der Waals surface area contributed by atoms with Gasteiger partial charge in [-0.25, -0.2) is 4.98 Å². The molecule has 0 fully saturated rings. The maximum atomic E-state index is 11.7. The molecular weight excluding hydrogens is 294 g/mol. The fraction of sp³-hybridized carbons (Fsp3) is 0.0769. The molecule has 0 amide bonds. The summed E-state index contributed by atoms with van der Waals surface area (Å²) in [4.78, 5) is 27.1. The third-order valence-electron chi connectivity index (χ3n) is 2.79. The second-order valence-electron chi connectivity index (χ2n) is 4.23. The van der Waals surface area contributed by atoms with E-state index in [1.807, 2.05) is 17.5 Å². The van der Waals surface area contributed by atoms with Gasteiger partial charge in [0, 0.05) is 12.1 Å². The normalized spacial score (nSPS) is 10.7. The van der Waals surface area contributed by atoms with Crippen LogP contribution in [0.3, 0.4) is 0 Å². The van der Waals surface area contributed by atoms with Gasteiger partial charge in [-0.05, 0) is 11.4 Å². The second-order valence-corrected chi connectivity index (χ2v) is 5.18. The van der Waals surface area contributed by atoms with E-state index in [0.717, 1.165) is 4.88 Å². The van der Waals surface area contributed by atoms with Crippen molar-refractivity contribution in [1.82, 2.24) is 9.55 Å². The number of thiophene rings is 1. The topological polar surface area (TPSA) is 91.2 Å². The van der Waals surface area contributed by atoms with Crippen LogP contribution in [-0.2, 0) is 6.54 Å². The predicted molar refractivity (Wildman–Crippen MR) is 76.3 cm³/mol. The molecule has 0 aliphatic carbocycles. The molecule has 3 aromatic heterocycles. The summed E-state index contributed by atoms with van der Waals surface area (Å²) >= 11 is 1.49. The average Bonchev–Trinajstić information content (AvgIpc) is 3.11. The summed E-state index contributed by atoms with van der Waals surface area (Å²) < 4.78 is 6.58. The van der Waals surface area contributed by atoms with Gasteiger partial charge >= 0.3 is 0 Å². The molecule has 0 aliphatic heterocycles. The molecule has 8 heteroatoms. The van der Waals surface area contributed by atoms with Crippen LogP contribution in [0.5, 0.6) is 0 Å². The summed E-state index contributed by atoms with van der Waals surface area (Å²) in [5.74, 6) is 0.471. The van der Waals surface area contributed by atoms with Gasteiger partial charge in [0.15, 0.2) is 0 Å². The Morgan fingerprint density at radius 2 is 2.24 bits per heavy atom. The van der Waals surface area contributed by atoms with Crippen LogP contribution < -0.4 is 5.56 Å². The molecule has 0 bridgehead atoms. The molecule has 3 aromatic rings. The van der Waals surface area contributed by atoms with Gasteiger partial charge in [0.25, 0.3) is 11.2 Å². The zero-order valence-corrected chi connectivity index (χ0v) is 11.4. The monoisotopic (exact) mass is 303 g/mol. The number of aromatic nitrogens is 2. The van der Waals surface area contributed by atoms with Crippen LogP contribution in [0.15, 0.2) is 51.3 Å². The number of pyridine rings is 1. The predicted octanol–water partition coefficient (Wildman–Crippen LogP) is 2.52. The van der Waals surface area contributed by atoms with Crippen molar-refractivity contribution in [2.45, 2.75) is 6.54 Å². The van der Waals surface area contributed by atoms with E-state index >= 15 is 0 Å². The van der Waals surface area contributed by atoms with Gasteiger partial charge in [0.2, 0.25) is 5.89 Å². The van der Waals surface area contributed by atoms with E-state index in [1.54, 1.807) is 0 Å². The first-order valence-electron chi connectivity index (χ1n) is 5.96. The van der Waals surface area contributed by atoms with Gasteiger partial charge in [-0.2, -0.15) is 0 Å². The highest BCUT2D eigenvalue weighted by Gasteiger charge is 2.11. The number of rotatable bonds is 4. The lowest BCUT2D eigenvalue weighted by Gasteiger charge is -2.01. The molecule has 21 heavy (non-hydrogen) atoms. The fourth-order valence-electron chi connectivity index (χ4n) is 1.82. The molecular formula is C13H9N3O4S. The smallest absolute Gasteiger partial charge is 0.285 e. The minimum Gasteiger partial charge on any atom is -0.443 e. The van der Waals surface area contributed by atoms with Crippen LogP contribution in [0.1, 0.15) is 5.69 Å². The van der Waals surface area contributed by atoms with Crippen molar-refractivity contribution in [3.8, 4) is 10.8 Å². The number of oxazole rings is 1. The Morgan fingerprint density at radius 3 is 2.95 bits per heavy atom. The maximum Gasteiger partial charge on any atom is 0.285 e. The molecule has 0 saturated carbocycles. The molecule has 0 spiro atoms. The number of hydrogen-bond acceptors (Lipinski definition) is 6. The lowest BCUT2D eigenvalue weighted by molar-refractivity contribution is -0.385. The lowest BCUT2D eigenvalue weighted by Crippen LogP contribution is -2.19. The van der Waals surface area contributed by atoms with Crippen molar-refractivity contribution in [3.63, 3.8) is 0 Å². The Kier molecular flexibility index (Phi) is 3.36. The Bertz CT molecular complexity index is 835. The van der Waals surface area contributed by atoms with E-state index in [2.05, 4.69) is 4.98 Å². The third kappa shape index (κ3) is 2.75. The first-order valence-corrected chi connectivity index (χ1v) is 6.84. The van der Waals surface area contributed by atoms with Gasteiger partial charge in [0.05, 0.1) is 28.2 Å². The Hall–Kier alpha value is -2.74. The summed E-state index contributed by atoms with van der Waals surface area (Å²) in [6.07, 6.45) is 2.64. The first-order chi connectivity index (χ1) is 10.1. The molecule has 0 radical (unpaired) electrons. The lowest BCUT2D eigenvalue weighted by atomic mass is 10.4. The standard InChI is InChI=1S/C13H9N3O4S/c17-12-4-3-10(16(18)19)7-15(12)6-9-8-20-13(14-9)11-2-1-5-21-11/h1-5,7-8H,6H2. The highest BCUT2D eigenvalue weighted by molar-refractivity contribution is 7.13. The SMILES string of the molecule is O=c1ccc([N+](=O)[O-])cn1Cc1coc(-c2cccs2)n1. The Morgan fingerprint density at radius 1 is 1.38 bits per heavy atom. The van der Waals surface area contributed by atoms with Gasteiger partial charge in [-0.3, -0.25) is 14.9 Å². The molecule has 7 nitrogen and oxygen atoms in total. The van der Waals surface area contributed by atoms with Crippen molar-refractivity contribution in [2.75, 3.05) is 0 Å². The van der Waals surface area contributed by atoms with Crippen LogP contribution >= 0.6 is 11.3 Å². The Labute approximate surface area is 122 Å². The highest BCUT2D eigenvalue weighted by atomic mass is 32.1. The third-order valence-corrected chi connectivity index (χ3v) is 3.65. The molecule has 3 rings (SSSR count). The minimum atomic E-state index is -0.546. The minimum absolute atomic E-state index is 0.120.